The van der Waals surface area contributed by atoms with Crippen LogP contribution in [0.3, 0.4) is 0 Å². The van der Waals surface area contributed by atoms with Crippen molar-refractivity contribution in [3.8, 4) is 5.88 Å². The Morgan fingerprint density at radius 3 is 2.89 bits per heavy atom. The van der Waals surface area contributed by atoms with E-state index < -0.39 is 0 Å². The van der Waals surface area contributed by atoms with Gasteiger partial charge in [0.1, 0.15) is 11.6 Å². The highest BCUT2D eigenvalue weighted by Crippen LogP contribution is 2.21. The molecule has 0 bridgehead atoms. The third-order valence-corrected chi connectivity index (χ3v) is 3.20. The summed E-state index contributed by atoms with van der Waals surface area (Å²) >= 11 is 0. The van der Waals surface area contributed by atoms with Gasteiger partial charge < -0.3 is 15.0 Å². The minimum atomic E-state index is 0.527. The molecule has 1 aliphatic heterocycles. The predicted octanol–water partition coefficient (Wildman–Crippen LogP) is 1.37. The Labute approximate surface area is 109 Å². The van der Waals surface area contributed by atoms with Crippen LogP contribution >= 0.6 is 0 Å². The minimum Gasteiger partial charge on any atom is -0.478 e. The van der Waals surface area contributed by atoms with E-state index in [9.17, 15) is 0 Å². The van der Waals surface area contributed by atoms with Crippen LogP contribution in [0.4, 0.5) is 5.82 Å². The maximum Gasteiger partial charge on any atom is 0.218 e. The third-order valence-electron chi connectivity index (χ3n) is 3.20. The fraction of sp³-hybridized carbons (Fsp3) is 0.692. The number of aryl methyl sites for hydroxylation is 1. The molecule has 0 amide bonds. The van der Waals surface area contributed by atoms with Gasteiger partial charge in [0.2, 0.25) is 5.88 Å². The molecule has 5 heteroatoms. The van der Waals surface area contributed by atoms with Crippen molar-refractivity contribution in [1.82, 2.24) is 15.3 Å². The van der Waals surface area contributed by atoms with Gasteiger partial charge in [-0.15, -0.1) is 0 Å². The Morgan fingerprint density at radius 1 is 1.44 bits per heavy atom. The molecule has 1 aliphatic rings. The lowest BCUT2D eigenvalue weighted by atomic mass is 10.2. The van der Waals surface area contributed by atoms with Crippen molar-refractivity contribution in [3.63, 3.8) is 0 Å². The fourth-order valence-electron chi connectivity index (χ4n) is 2.41. The van der Waals surface area contributed by atoms with E-state index in [1.165, 1.54) is 6.42 Å². The van der Waals surface area contributed by atoms with E-state index in [-0.39, 0.29) is 0 Å². The summed E-state index contributed by atoms with van der Waals surface area (Å²) in [5.74, 6) is 2.41. The van der Waals surface area contributed by atoms with Gasteiger partial charge in [-0.05, 0) is 33.7 Å². The molecule has 18 heavy (non-hydrogen) atoms. The largest absolute Gasteiger partial charge is 0.478 e. The topological polar surface area (TPSA) is 50.3 Å². The molecule has 1 unspecified atom stereocenters. The lowest BCUT2D eigenvalue weighted by molar-refractivity contribution is 0.325. The van der Waals surface area contributed by atoms with Crippen LogP contribution in [0.1, 0.15) is 26.1 Å². The van der Waals surface area contributed by atoms with Crippen LogP contribution in [-0.2, 0) is 0 Å². The number of ether oxygens (including phenoxy) is 1. The molecule has 1 aromatic rings. The quantitative estimate of drug-likeness (QED) is 0.855. The summed E-state index contributed by atoms with van der Waals surface area (Å²) in [5.41, 5.74) is 0. The average molecular weight is 250 g/mol. The summed E-state index contributed by atoms with van der Waals surface area (Å²) in [5, 5.41) is 3.39. The second-order valence-electron chi connectivity index (χ2n) is 4.48. The summed E-state index contributed by atoms with van der Waals surface area (Å²) in [6.07, 6.45) is 1.17. The number of hydrogen-bond acceptors (Lipinski definition) is 5. The highest BCUT2D eigenvalue weighted by molar-refractivity contribution is 5.43. The van der Waals surface area contributed by atoms with Gasteiger partial charge in [-0.3, -0.25) is 0 Å². The first-order chi connectivity index (χ1) is 8.74. The summed E-state index contributed by atoms with van der Waals surface area (Å²) in [4.78, 5) is 11.2. The second kappa shape index (κ2) is 6.00. The van der Waals surface area contributed by atoms with Crippen LogP contribution < -0.4 is 15.0 Å². The number of rotatable bonds is 5. The Morgan fingerprint density at radius 2 is 2.28 bits per heavy atom. The third kappa shape index (κ3) is 2.90. The highest BCUT2D eigenvalue weighted by atomic mass is 16.5. The van der Waals surface area contributed by atoms with E-state index in [1.54, 1.807) is 0 Å². The molecule has 1 saturated heterocycles. The zero-order valence-corrected chi connectivity index (χ0v) is 11.4. The SMILES string of the molecule is CCOc1cc(N(CC)C2CCNC2)nc(C)n1. The lowest BCUT2D eigenvalue weighted by Gasteiger charge is -2.28. The van der Waals surface area contributed by atoms with Gasteiger partial charge in [0, 0.05) is 25.2 Å². The summed E-state index contributed by atoms with van der Waals surface area (Å²) in [7, 11) is 0. The molecule has 0 spiro atoms. The molecule has 1 fully saturated rings. The molecule has 1 aromatic heterocycles. The molecule has 0 aromatic carbocycles. The number of aromatic nitrogens is 2. The Kier molecular flexibility index (Phi) is 4.36. The monoisotopic (exact) mass is 250 g/mol. The van der Waals surface area contributed by atoms with Crippen molar-refractivity contribution in [2.75, 3.05) is 31.1 Å². The van der Waals surface area contributed by atoms with Gasteiger partial charge >= 0.3 is 0 Å². The molecule has 2 rings (SSSR count). The lowest BCUT2D eigenvalue weighted by Crippen LogP contribution is -2.37. The predicted molar refractivity (Wildman–Crippen MR) is 72.2 cm³/mol. The summed E-state index contributed by atoms with van der Waals surface area (Å²) in [6, 6.07) is 2.47. The molecule has 0 saturated carbocycles. The Bertz CT molecular complexity index is 391. The Balaban J connectivity index is 2.23. The number of anilines is 1. The van der Waals surface area contributed by atoms with Crippen LogP contribution in [0.25, 0.3) is 0 Å². The zero-order chi connectivity index (χ0) is 13.0. The van der Waals surface area contributed by atoms with Gasteiger partial charge in [-0.1, -0.05) is 0 Å². The van der Waals surface area contributed by atoms with Crippen LogP contribution in [0, 0.1) is 6.92 Å². The first-order valence-electron chi connectivity index (χ1n) is 6.70. The minimum absolute atomic E-state index is 0.527. The maximum atomic E-state index is 5.49. The van der Waals surface area contributed by atoms with Crippen LogP contribution in [-0.4, -0.2) is 42.3 Å². The van der Waals surface area contributed by atoms with Crippen molar-refractivity contribution in [3.05, 3.63) is 11.9 Å². The average Bonchev–Trinajstić information content (AvgIpc) is 2.83. The first kappa shape index (κ1) is 13.1. The fourth-order valence-corrected chi connectivity index (χ4v) is 2.41. The van der Waals surface area contributed by atoms with E-state index in [1.807, 2.05) is 19.9 Å². The Hall–Kier alpha value is -1.36. The van der Waals surface area contributed by atoms with Gasteiger partial charge in [-0.25, -0.2) is 4.98 Å². The normalized spacial score (nSPS) is 18.9. The van der Waals surface area contributed by atoms with E-state index in [0.717, 1.165) is 31.3 Å². The molecule has 0 radical (unpaired) electrons. The van der Waals surface area contributed by atoms with E-state index in [4.69, 9.17) is 4.74 Å². The number of nitrogens with zero attached hydrogens (tertiary/aromatic N) is 3. The zero-order valence-electron chi connectivity index (χ0n) is 11.4. The van der Waals surface area contributed by atoms with Crippen molar-refractivity contribution in [1.29, 1.82) is 0 Å². The molecule has 1 atom stereocenters. The molecule has 0 aliphatic carbocycles. The molecule has 1 N–H and O–H groups in total. The van der Waals surface area contributed by atoms with Gasteiger partial charge in [0.05, 0.1) is 6.61 Å². The van der Waals surface area contributed by atoms with Crippen molar-refractivity contribution >= 4 is 5.82 Å². The maximum absolute atomic E-state index is 5.49. The van der Waals surface area contributed by atoms with Crippen LogP contribution in [0.5, 0.6) is 5.88 Å². The smallest absolute Gasteiger partial charge is 0.218 e. The molecule has 2 heterocycles. The summed E-state index contributed by atoms with van der Waals surface area (Å²) in [6.45, 7) is 9.74. The summed E-state index contributed by atoms with van der Waals surface area (Å²) < 4.78 is 5.49. The molecule has 100 valence electrons. The van der Waals surface area contributed by atoms with Crippen molar-refractivity contribution in [2.45, 2.75) is 33.2 Å². The van der Waals surface area contributed by atoms with Gasteiger partial charge in [0.25, 0.3) is 0 Å². The van der Waals surface area contributed by atoms with Crippen LogP contribution in [0.15, 0.2) is 6.07 Å². The van der Waals surface area contributed by atoms with E-state index >= 15 is 0 Å². The molecular formula is C13H22N4O. The van der Waals surface area contributed by atoms with Crippen molar-refractivity contribution in [2.24, 2.45) is 0 Å². The van der Waals surface area contributed by atoms with E-state index in [0.29, 0.717) is 18.5 Å². The number of nitrogens with one attached hydrogen (secondary N) is 1. The number of hydrogen-bond donors (Lipinski definition) is 1. The highest BCUT2D eigenvalue weighted by Gasteiger charge is 2.23. The standard InChI is InChI=1S/C13H22N4O/c1-4-17(11-6-7-14-9-11)12-8-13(18-5-2)16-10(3)15-12/h8,11,14H,4-7,9H2,1-3H3. The molecule has 5 nitrogen and oxygen atoms in total. The van der Waals surface area contributed by atoms with Gasteiger partial charge in [-0.2, -0.15) is 4.98 Å². The van der Waals surface area contributed by atoms with Gasteiger partial charge in [0.15, 0.2) is 0 Å². The van der Waals surface area contributed by atoms with E-state index in [2.05, 4.69) is 27.1 Å². The number of likely N-dealkylation sites (N-methyl/N-ethyl adjacent to an activating group) is 1. The second-order valence-corrected chi connectivity index (χ2v) is 4.48. The van der Waals surface area contributed by atoms with Crippen LogP contribution in [0.2, 0.25) is 0 Å². The van der Waals surface area contributed by atoms with Crippen molar-refractivity contribution < 1.29 is 4.74 Å². The first-order valence-corrected chi connectivity index (χ1v) is 6.70. The molecular weight excluding hydrogens is 228 g/mol.